The Morgan fingerprint density at radius 2 is 1.40 bits per heavy atom. The fourth-order valence-corrected chi connectivity index (χ4v) is 0.880. The van der Waals surface area contributed by atoms with Crippen LogP contribution in [0.15, 0.2) is 46.5 Å². The molecule has 0 bridgehead atoms. The second-order valence-electron chi connectivity index (χ2n) is 1.82. The van der Waals surface area contributed by atoms with Crippen LogP contribution in [0.5, 0.6) is 0 Å². The average Bonchev–Trinajstić information content (AvgIpc) is 2.12. The standard InChI is InChI=1S/C8H6Cl2/c9-8(10)7-5-3-1-2-4-6-7/h1-6H. The topological polar surface area (TPSA) is 0 Å². The molecule has 1 aliphatic carbocycles. The molecule has 0 aromatic rings. The van der Waals surface area contributed by atoms with Crippen LogP contribution in [0.3, 0.4) is 0 Å². The minimum absolute atomic E-state index is 0.302. The van der Waals surface area contributed by atoms with Gasteiger partial charge in [0.15, 0.2) is 0 Å². The first-order chi connectivity index (χ1) is 4.80. The molecule has 0 fully saturated rings. The van der Waals surface area contributed by atoms with E-state index >= 15 is 0 Å². The van der Waals surface area contributed by atoms with Crippen molar-refractivity contribution in [2.75, 3.05) is 0 Å². The molecule has 0 spiro atoms. The van der Waals surface area contributed by atoms with E-state index in [0.29, 0.717) is 4.49 Å². The van der Waals surface area contributed by atoms with E-state index in [-0.39, 0.29) is 0 Å². The lowest BCUT2D eigenvalue weighted by Crippen LogP contribution is -1.68. The van der Waals surface area contributed by atoms with E-state index in [1.54, 1.807) is 0 Å². The number of allylic oxidation sites excluding steroid dienone is 7. The Balaban J connectivity index is 2.93. The Morgan fingerprint density at radius 1 is 0.900 bits per heavy atom. The van der Waals surface area contributed by atoms with Crippen LogP contribution < -0.4 is 0 Å². The maximum absolute atomic E-state index is 5.54. The summed E-state index contributed by atoms with van der Waals surface area (Å²) < 4.78 is 0.302. The molecule has 1 aliphatic rings. The molecule has 0 N–H and O–H groups in total. The van der Waals surface area contributed by atoms with Crippen molar-refractivity contribution in [1.29, 1.82) is 0 Å². The van der Waals surface area contributed by atoms with Gasteiger partial charge in [-0.05, 0) is 0 Å². The quantitative estimate of drug-likeness (QED) is 0.526. The summed E-state index contributed by atoms with van der Waals surface area (Å²) in [4.78, 5) is 0. The van der Waals surface area contributed by atoms with Crippen molar-refractivity contribution in [1.82, 2.24) is 0 Å². The minimum atomic E-state index is 0.302. The molecular formula is C8H6Cl2. The third-order valence-corrected chi connectivity index (χ3v) is 1.54. The van der Waals surface area contributed by atoms with Crippen molar-refractivity contribution in [3.8, 4) is 0 Å². The summed E-state index contributed by atoms with van der Waals surface area (Å²) in [6, 6.07) is 0. The summed E-state index contributed by atoms with van der Waals surface area (Å²) in [5, 5.41) is 0. The van der Waals surface area contributed by atoms with Gasteiger partial charge >= 0.3 is 0 Å². The fraction of sp³-hybridized carbons (Fsp3) is 0. The maximum atomic E-state index is 5.54. The molecule has 0 amide bonds. The van der Waals surface area contributed by atoms with Crippen LogP contribution in [0.25, 0.3) is 0 Å². The normalized spacial score (nSPS) is 15.6. The van der Waals surface area contributed by atoms with E-state index in [1.807, 2.05) is 36.5 Å². The zero-order valence-corrected chi connectivity index (χ0v) is 6.73. The summed E-state index contributed by atoms with van der Waals surface area (Å²) in [6.07, 6.45) is 11.3. The monoisotopic (exact) mass is 172 g/mol. The summed E-state index contributed by atoms with van der Waals surface area (Å²) in [5.74, 6) is 0. The summed E-state index contributed by atoms with van der Waals surface area (Å²) in [7, 11) is 0. The molecule has 0 aromatic carbocycles. The molecule has 10 heavy (non-hydrogen) atoms. The van der Waals surface area contributed by atoms with E-state index in [9.17, 15) is 0 Å². The zero-order chi connectivity index (χ0) is 7.40. The van der Waals surface area contributed by atoms with Crippen molar-refractivity contribution in [3.63, 3.8) is 0 Å². The fourth-order valence-electron chi connectivity index (χ4n) is 0.628. The van der Waals surface area contributed by atoms with Crippen molar-refractivity contribution in [2.45, 2.75) is 0 Å². The van der Waals surface area contributed by atoms with Gasteiger partial charge in [-0.3, -0.25) is 0 Å². The first-order valence-electron chi connectivity index (χ1n) is 2.87. The van der Waals surface area contributed by atoms with E-state index in [1.165, 1.54) is 0 Å². The van der Waals surface area contributed by atoms with Crippen molar-refractivity contribution < 1.29 is 0 Å². The maximum Gasteiger partial charge on any atom is 0.114 e. The van der Waals surface area contributed by atoms with Gasteiger partial charge in [-0.25, -0.2) is 0 Å². The van der Waals surface area contributed by atoms with Crippen LogP contribution in [0.4, 0.5) is 0 Å². The van der Waals surface area contributed by atoms with Crippen molar-refractivity contribution >= 4 is 23.2 Å². The summed E-state index contributed by atoms with van der Waals surface area (Å²) in [5.41, 5.74) is 0.841. The van der Waals surface area contributed by atoms with E-state index in [0.717, 1.165) is 5.57 Å². The van der Waals surface area contributed by atoms with Gasteiger partial charge in [-0.2, -0.15) is 0 Å². The van der Waals surface area contributed by atoms with Gasteiger partial charge in [0.25, 0.3) is 0 Å². The lowest BCUT2D eigenvalue weighted by atomic mass is 10.3. The smallest absolute Gasteiger partial charge is 0.0702 e. The van der Waals surface area contributed by atoms with Crippen LogP contribution in [0.2, 0.25) is 0 Å². The average molecular weight is 173 g/mol. The molecule has 0 aromatic heterocycles. The van der Waals surface area contributed by atoms with Crippen molar-refractivity contribution in [3.05, 3.63) is 46.5 Å². The number of halogens is 2. The highest BCUT2D eigenvalue weighted by molar-refractivity contribution is 6.56. The molecule has 2 heteroatoms. The van der Waals surface area contributed by atoms with Crippen LogP contribution >= 0.6 is 23.2 Å². The molecule has 1 rings (SSSR count). The SMILES string of the molecule is ClC(Cl)=C1C=CC=CC=C1. The summed E-state index contributed by atoms with van der Waals surface area (Å²) >= 11 is 11.1. The zero-order valence-electron chi connectivity index (χ0n) is 5.22. The number of hydrogen-bond donors (Lipinski definition) is 0. The Kier molecular flexibility index (Phi) is 2.79. The molecule has 0 heterocycles. The Morgan fingerprint density at radius 3 is 1.80 bits per heavy atom. The molecule has 52 valence electrons. The van der Waals surface area contributed by atoms with Gasteiger partial charge in [0.1, 0.15) is 4.49 Å². The largest absolute Gasteiger partial charge is 0.114 e. The van der Waals surface area contributed by atoms with Gasteiger partial charge in [0.05, 0.1) is 0 Å². The number of hydrogen-bond acceptors (Lipinski definition) is 0. The molecule has 0 radical (unpaired) electrons. The Bertz CT molecular complexity index is 210. The van der Waals surface area contributed by atoms with E-state index in [2.05, 4.69) is 0 Å². The van der Waals surface area contributed by atoms with Gasteiger partial charge in [-0.15, -0.1) is 0 Å². The van der Waals surface area contributed by atoms with Gasteiger partial charge in [0.2, 0.25) is 0 Å². The molecule has 0 saturated heterocycles. The molecular weight excluding hydrogens is 167 g/mol. The molecule has 0 unspecified atom stereocenters. The second-order valence-corrected chi connectivity index (χ2v) is 2.77. The van der Waals surface area contributed by atoms with Gasteiger partial charge in [-0.1, -0.05) is 59.7 Å². The Labute approximate surface area is 70.1 Å². The third-order valence-electron chi connectivity index (χ3n) is 1.10. The molecule has 0 saturated carbocycles. The highest BCUT2D eigenvalue weighted by Gasteiger charge is 1.92. The highest BCUT2D eigenvalue weighted by atomic mass is 35.5. The predicted octanol–water partition coefficient (Wildman–Crippen LogP) is 3.36. The van der Waals surface area contributed by atoms with Crippen LogP contribution in [0.1, 0.15) is 0 Å². The lowest BCUT2D eigenvalue weighted by Gasteiger charge is -1.89. The molecule has 0 nitrogen and oxygen atoms in total. The first-order valence-corrected chi connectivity index (χ1v) is 3.63. The van der Waals surface area contributed by atoms with Crippen LogP contribution in [-0.4, -0.2) is 0 Å². The second kappa shape index (κ2) is 3.65. The first kappa shape index (κ1) is 7.64. The lowest BCUT2D eigenvalue weighted by molar-refractivity contribution is 1.73. The van der Waals surface area contributed by atoms with Crippen LogP contribution in [-0.2, 0) is 0 Å². The Hall–Kier alpha value is -0.460. The highest BCUT2D eigenvalue weighted by Crippen LogP contribution is 2.17. The molecule has 0 atom stereocenters. The third kappa shape index (κ3) is 2.05. The molecule has 0 aliphatic heterocycles. The van der Waals surface area contributed by atoms with E-state index < -0.39 is 0 Å². The van der Waals surface area contributed by atoms with Gasteiger partial charge in [0, 0.05) is 5.57 Å². The van der Waals surface area contributed by atoms with Crippen molar-refractivity contribution in [2.24, 2.45) is 0 Å². The van der Waals surface area contributed by atoms with Gasteiger partial charge < -0.3 is 0 Å². The summed E-state index contributed by atoms with van der Waals surface area (Å²) in [6.45, 7) is 0. The van der Waals surface area contributed by atoms with E-state index in [4.69, 9.17) is 23.2 Å². The minimum Gasteiger partial charge on any atom is -0.0702 e. The predicted molar refractivity (Wildman–Crippen MR) is 46.2 cm³/mol. The van der Waals surface area contributed by atoms with Crippen LogP contribution in [0, 0.1) is 0 Å². The number of rotatable bonds is 0.